The summed E-state index contributed by atoms with van der Waals surface area (Å²) in [6.07, 6.45) is 0.743. The van der Waals surface area contributed by atoms with E-state index in [1.54, 1.807) is 24.3 Å². The number of carboxylic acid groups (broad SMARTS) is 1. The van der Waals surface area contributed by atoms with Gasteiger partial charge < -0.3 is 15.6 Å². The van der Waals surface area contributed by atoms with E-state index >= 15 is 0 Å². The molecule has 4 nitrogen and oxygen atoms in total. The summed E-state index contributed by atoms with van der Waals surface area (Å²) in [5.74, 6) is -0.133. The number of halogens is 1. The van der Waals surface area contributed by atoms with Gasteiger partial charge in [-0.15, -0.1) is 0 Å². The Balaban J connectivity index is 2.07. The first kappa shape index (κ1) is 15.5. The van der Waals surface area contributed by atoms with E-state index in [2.05, 4.69) is 15.9 Å². The molecule has 3 N–H and O–H groups in total. The fraction of sp³-hybridized carbons (Fsp3) is 0.188. The summed E-state index contributed by atoms with van der Waals surface area (Å²) in [5, 5.41) is 8.86. The van der Waals surface area contributed by atoms with Gasteiger partial charge in [0, 0.05) is 4.47 Å². The van der Waals surface area contributed by atoms with Crippen LogP contribution in [0.1, 0.15) is 21.5 Å². The number of hydrogen-bond acceptors (Lipinski definition) is 3. The van der Waals surface area contributed by atoms with Crippen molar-refractivity contribution < 1.29 is 14.6 Å². The largest absolute Gasteiger partial charge is 0.489 e. The SMILES string of the molecule is NCCc1cc(Br)ccc1OCc1ccc(C(=O)O)cc1. The molecular weight excluding hydrogens is 334 g/mol. The standard InChI is InChI=1S/C16H16BrNO3/c17-14-5-6-15(13(9-14)7-8-18)21-10-11-1-3-12(4-2-11)16(19)20/h1-6,9H,7-8,10,18H2,(H,19,20). The van der Waals surface area contributed by atoms with Crippen LogP contribution < -0.4 is 10.5 Å². The number of rotatable bonds is 6. The Labute approximate surface area is 131 Å². The van der Waals surface area contributed by atoms with Gasteiger partial charge in [-0.2, -0.15) is 0 Å². The van der Waals surface area contributed by atoms with Crippen molar-refractivity contribution in [2.75, 3.05) is 6.54 Å². The van der Waals surface area contributed by atoms with Gasteiger partial charge in [0.2, 0.25) is 0 Å². The molecule has 2 rings (SSSR count). The van der Waals surface area contributed by atoms with Crippen molar-refractivity contribution in [1.82, 2.24) is 0 Å². The molecule has 0 radical (unpaired) electrons. The zero-order chi connectivity index (χ0) is 15.2. The summed E-state index contributed by atoms with van der Waals surface area (Å²) >= 11 is 3.43. The third-order valence-corrected chi connectivity index (χ3v) is 3.52. The van der Waals surface area contributed by atoms with E-state index < -0.39 is 5.97 Å². The maximum Gasteiger partial charge on any atom is 0.335 e. The smallest absolute Gasteiger partial charge is 0.335 e. The topological polar surface area (TPSA) is 72.5 Å². The van der Waals surface area contributed by atoms with Crippen molar-refractivity contribution in [3.05, 3.63) is 63.6 Å². The first-order chi connectivity index (χ1) is 10.1. The van der Waals surface area contributed by atoms with Crippen molar-refractivity contribution in [2.24, 2.45) is 5.73 Å². The highest BCUT2D eigenvalue weighted by Gasteiger charge is 2.06. The lowest BCUT2D eigenvalue weighted by Gasteiger charge is -2.12. The van der Waals surface area contributed by atoms with Crippen LogP contribution in [0.15, 0.2) is 46.9 Å². The van der Waals surface area contributed by atoms with Crippen LogP contribution in [0.2, 0.25) is 0 Å². The van der Waals surface area contributed by atoms with Crippen molar-refractivity contribution >= 4 is 21.9 Å². The molecule has 0 unspecified atom stereocenters. The summed E-state index contributed by atoms with van der Waals surface area (Å²) in [7, 11) is 0. The number of carboxylic acids is 1. The predicted octanol–water partition coefficient (Wildman–Crippen LogP) is 3.23. The zero-order valence-electron chi connectivity index (χ0n) is 11.4. The van der Waals surface area contributed by atoms with Gasteiger partial charge in [-0.3, -0.25) is 0 Å². The van der Waals surface area contributed by atoms with Gasteiger partial charge in [-0.1, -0.05) is 28.1 Å². The lowest BCUT2D eigenvalue weighted by atomic mass is 10.1. The van der Waals surface area contributed by atoms with Crippen LogP contribution in [0.25, 0.3) is 0 Å². The zero-order valence-corrected chi connectivity index (χ0v) is 13.0. The van der Waals surface area contributed by atoms with E-state index in [9.17, 15) is 4.79 Å². The molecule has 0 atom stereocenters. The average Bonchev–Trinajstić information content (AvgIpc) is 2.47. The number of nitrogens with two attached hydrogens (primary N) is 1. The maximum absolute atomic E-state index is 10.8. The second kappa shape index (κ2) is 7.24. The number of benzene rings is 2. The Kier molecular flexibility index (Phi) is 5.36. The molecule has 0 heterocycles. The molecule has 21 heavy (non-hydrogen) atoms. The molecule has 0 spiro atoms. The molecule has 0 fully saturated rings. The first-order valence-electron chi connectivity index (χ1n) is 6.53. The van der Waals surface area contributed by atoms with Crippen molar-refractivity contribution in [2.45, 2.75) is 13.0 Å². The van der Waals surface area contributed by atoms with E-state index in [1.807, 2.05) is 18.2 Å². The van der Waals surface area contributed by atoms with Crippen LogP contribution in [0.4, 0.5) is 0 Å². The number of ether oxygens (including phenoxy) is 1. The number of carbonyl (C=O) groups is 1. The van der Waals surface area contributed by atoms with Gasteiger partial charge in [0.05, 0.1) is 5.56 Å². The van der Waals surface area contributed by atoms with Crippen molar-refractivity contribution in [3.63, 3.8) is 0 Å². The monoisotopic (exact) mass is 349 g/mol. The quantitative estimate of drug-likeness (QED) is 0.839. The third-order valence-electron chi connectivity index (χ3n) is 3.03. The second-order valence-electron chi connectivity index (χ2n) is 4.58. The number of aromatic carboxylic acids is 1. The minimum atomic E-state index is -0.930. The van der Waals surface area contributed by atoms with Gasteiger partial charge in [0.1, 0.15) is 12.4 Å². The third kappa shape index (κ3) is 4.31. The fourth-order valence-electron chi connectivity index (χ4n) is 1.94. The molecule has 0 bridgehead atoms. The highest BCUT2D eigenvalue weighted by Crippen LogP contribution is 2.24. The molecule has 0 aromatic heterocycles. The van der Waals surface area contributed by atoms with Crippen LogP contribution in [0.5, 0.6) is 5.75 Å². The number of hydrogen-bond donors (Lipinski definition) is 2. The summed E-state index contributed by atoms with van der Waals surface area (Å²) in [6.45, 7) is 0.944. The van der Waals surface area contributed by atoms with E-state index in [4.69, 9.17) is 15.6 Å². The summed E-state index contributed by atoms with van der Waals surface area (Å²) in [6, 6.07) is 12.5. The molecule has 0 amide bonds. The van der Waals surface area contributed by atoms with Crippen molar-refractivity contribution in [1.29, 1.82) is 0 Å². The highest BCUT2D eigenvalue weighted by atomic mass is 79.9. The molecule has 2 aromatic rings. The van der Waals surface area contributed by atoms with Gasteiger partial charge in [0.15, 0.2) is 0 Å². The Morgan fingerprint density at radius 1 is 1.19 bits per heavy atom. The van der Waals surface area contributed by atoms with Gasteiger partial charge in [-0.25, -0.2) is 4.79 Å². The molecule has 0 aliphatic heterocycles. The van der Waals surface area contributed by atoms with Crippen LogP contribution in [0.3, 0.4) is 0 Å². The van der Waals surface area contributed by atoms with Gasteiger partial charge in [-0.05, 0) is 54.4 Å². The molecule has 0 aliphatic rings. The van der Waals surface area contributed by atoms with Crippen LogP contribution >= 0.6 is 15.9 Å². The Morgan fingerprint density at radius 3 is 2.52 bits per heavy atom. The summed E-state index contributed by atoms with van der Waals surface area (Å²) < 4.78 is 6.80. The highest BCUT2D eigenvalue weighted by molar-refractivity contribution is 9.10. The first-order valence-corrected chi connectivity index (χ1v) is 7.33. The van der Waals surface area contributed by atoms with Gasteiger partial charge in [0.25, 0.3) is 0 Å². The molecule has 0 saturated heterocycles. The molecular formula is C16H16BrNO3. The normalized spacial score (nSPS) is 10.4. The molecule has 0 aliphatic carbocycles. The Hall–Kier alpha value is -1.85. The Morgan fingerprint density at radius 2 is 1.90 bits per heavy atom. The molecule has 2 aromatic carbocycles. The molecule has 5 heteroatoms. The van der Waals surface area contributed by atoms with E-state index in [0.29, 0.717) is 13.2 Å². The predicted molar refractivity (Wildman–Crippen MR) is 84.6 cm³/mol. The molecule has 110 valence electrons. The minimum absolute atomic E-state index is 0.270. The minimum Gasteiger partial charge on any atom is -0.489 e. The average molecular weight is 350 g/mol. The van der Waals surface area contributed by atoms with Crippen LogP contribution in [-0.4, -0.2) is 17.6 Å². The van der Waals surface area contributed by atoms with Crippen LogP contribution in [0, 0.1) is 0 Å². The van der Waals surface area contributed by atoms with Gasteiger partial charge >= 0.3 is 5.97 Å². The summed E-state index contributed by atoms with van der Waals surface area (Å²) in [4.78, 5) is 10.8. The van der Waals surface area contributed by atoms with E-state index in [1.165, 1.54) is 0 Å². The lowest BCUT2D eigenvalue weighted by molar-refractivity contribution is 0.0697. The second-order valence-corrected chi connectivity index (χ2v) is 5.50. The Bertz CT molecular complexity index is 626. The van der Waals surface area contributed by atoms with Crippen molar-refractivity contribution in [3.8, 4) is 5.75 Å². The maximum atomic E-state index is 10.8. The van der Waals surface area contributed by atoms with E-state index in [0.717, 1.165) is 27.8 Å². The van der Waals surface area contributed by atoms with Crippen LogP contribution in [-0.2, 0) is 13.0 Å². The lowest BCUT2D eigenvalue weighted by Crippen LogP contribution is -2.05. The fourth-order valence-corrected chi connectivity index (χ4v) is 2.35. The molecule has 0 saturated carbocycles. The van der Waals surface area contributed by atoms with E-state index in [-0.39, 0.29) is 5.56 Å². The summed E-state index contributed by atoms with van der Waals surface area (Å²) in [5.41, 5.74) is 7.84.